The summed E-state index contributed by atoms with van der Waals surface area (Å²) >= 11 is 10.4. The molecule has 1 aromatic rings. The Morgan fingerprint density at radius 1 is 1.50 bits per heavy atom. The van der Waals surface area contributed by atoms with Crippen LogP contribution in [0.5, 0.6) is 5.75 Å². The Morgan fingerprint density at radius 3 is 2.83 bits per heavy atom. The molecule has 0 aliphatic rings. The van der Waals surface area contributed by atoms with E-state index in [0.717, 1.165) is 4.47 Å². The van der Waals surface area contributed by atoms with Crippen LogP contribution in [0.15, 0.2) is 27.7 Å². The fraction of sp³-hybridized carbons (Fsp3) is 0.200. The van der Waals surface area contributed by atoms with Gasteiger partial charge in [0.1, 0.15) is 5.75 Å². The number of amidine groups is 1. The third-order valence-corrected chi connectivity index (χ3v) is 3.29. The van der Waals surface area contributed by atoms with Crippen LogP contribution in [0.3, 0.4) is 0 Å². The lowest BCUT2D eigenvalue weighted by Gasteiger charge is -2.07. The number of hydrogen-bond donors (Lipinski definition) is 3. The normalized spacial score (nSPS) is 9.89. The molecule has 0 bridgehead atoms. The first kappa shape index (κ1) is 15.1. The summed E-state index contributed by atoms with van der Waals surface area (Å²) in [6.07, 6.45) is 0. The summed E-state index contributed by atoms with van der Waals surface area (Å²) in [5.41, 5.74) is 10.3. The van der Waals surface area contributed by atoms with E-state index in [4.69, 9.17) is 33.2 Å². The molecule has 0 aliphatic carbocycles. The zero-order valence-electron chi connectivity index (χ0n) is 9.32. The van der Waals surface area contributed by atoms with Gasteiger partial charge >= 0.3 is 0 Å². The number of ether oxygens (including phenoxy) is 1. The molecule has 8 heteroatoms. The van der Waals surface area contributed by atoms with E-state index < -0.39 is 0 Å². The van der Waals surface area contributed by atoms with Crippen molar-refractivity contribution in [1.29, 1.82) is 5.41 Å². The lowest BCUT2D eigenvalue weighted by Crippen LogP contribution is -2.23. The van der Waals surface area contributed by atoms with Crippen molar-refractivity contribution >= 4 is 50.4 Å². The van der Waals surface area contributed by atoms with Gasteiger partial charge in [0.25, 0.3) is 0 Å². The van der Waals surface area contributed by atoms with Gasteiger partial charge in [0.2, 0.25) is 0 Å². The molecule has 0 fully saturated rings. The lowest BCUT2D eigenvalue weighted by atomic mass is 10.3. The summed E-state index contributed by atoms with van der Waals surface area (Å²) < 4.78 is 6.30. The van der Waals surface area contributed by atoms with Gasteiger partial charge in [0, 0.05) is 10.8 Å². The van der Waals surface area contributed by atoms with Crippen molar-refractivity contribution < 1.29 is 4.74 Å². The third kappa shape index (κ3) is 5.61. The van der Waals surface area contributed by atoms with E-state index in [9.17, 15) is 0 Å². The number of halogens is 2. The van der Waals surface area contributed by atoms with Gasteiger partial charge in [-0.3, -0.25) is 5.41 Å². The maximum absolute atomic E-state index is 7.41. The van der Waals surface area contributed by atoms with Gasteiger partial charge < -0.3 is 16.2 Å². The maximum atomic E-state index is 7.41. The zero-order valence-corrected chi connectivity index (χ0v) is 12.5. The fourth-order valence-corrected chi connectivity index (χ4v) is 2.36. The van der Waals surface area contributed by atoms with Crippen LogP contribution >= 0.6 is 39.3 Å². The minimum atomic E-state index is -0.117. The SMILES string of the molecule is N=C(N=C(N)N)SCCOc1ccc(Cl)cc1Br. The Balaban J connectivity index is 2.34. The second kappa shape index (κ2) is 7.50. The molecule has 0 heterocycles. The van der Waals surface area contributed by atoms with Gasteiger partial charge in [-0.05, 0) is 34.1 Å². The van der Waals surface area contributed by atoms with Crippen LogP contribution < -0.4 is 16.2 Å². The molecule has 0 saturated heterocycles. The van der Waals surface area contributed by atoms with Crippen LogP contribution in [0.4, 0.5) is 0 Å². The molecule has 18 heavy (non-hydrogen) atoms. The van der Waals surface area contributed by atoms with Crippen LogP contribution in [-0.2, 0) is 0 Å². The molecule has 0 aromatic heterocycles. The van der Waals surface area contributed by atoms with Gasteiger partial charge in [-0.2, -0.15) is 4.99 Å². The molecule has 0 unspecified atom stereocenters. The van der Waals surface area contributed by atoms with Crippen LogP contribution in [0.25, 0.3) is 0 Å². The highest BCUT2D eigenvalue weighted by Gasteiger charge is 2.02. The minimum Gasteiger partial charge on any atom is -0.492 e. The smallest absolute Gasteiger partial charge is 0.193 e. The molecule has 0 aliphatic heterocycles. The molecular formula is C10H12BrClN4OS. The first-order chi connectivity index (χ1) is 8.49. The summed E-state index contributed by atoms with van der Waals surface area (Å²) in [5.74, 6) is 1.16. The molecular weight excluding hydrogens is 340 g/mol. The largest absolute Gasteiger partial charge is 0.492 e. The lowest BCUT2D eigenvalue weighted by molar-refractivity contribution is 0.342. The number of hydrogen-bond acceptors (Lipinski definition) is 3. The average molecular weight is 352 g/mol. The first-order valence-electron chi connectivity index (χ1n) is 4.88. The number of benzene rings is 1. The molecule has 0 spiro atoms. The van der Waals surface area contributed by atoms with E-state index in [1.165, 1.54) is 11.8 Å². The van der Waals surface area contributed by atoms with Crippen molar-refractivity contribution in [3.8, 4) is 5.75 Å². The first-order valence-corrected chi connectivity index (χ1v) is 7.03. The Hall–Kier alpha value is -0.920. The Bertz CT molecular complexity index is 465. The number of guanidine groups is 1. The minimum absolute atomic E-state index is 0.0637. The van der Waals surface area contributed by atoms with E-state index in [0.29, 0.717) is 23.1 Å². The highest BCUT2D eigenvalue weighted by molar-refractivity contribution is 9.10. The van der Waals surface area contributed by atoms with Crippen LogP contribution in [0.1, 0.15) is 0 Å². The average Bonchev–Trinajstić information content (AvgIpc) is 2.25. The predicted octanol–water partition coefficient (Wildman–Crippen LogP) is 2.42. The van der Waals surface area contributed by atoms with E-state index in [-0.39, 0.29) is 11.1 Å². The van der Waals surface area contributed by atoms with Crippen molar-refractivity contribution in [2.45, 2.75) is 0 Å². The predicted molar refractivity (Wildman–Crippen MR) is 80.6 cm³/mol. The Kier molecular flexibility index (Phi) is 6.31. The summed E-state index contributed by atoms with van der Waals surface area (Å²) in [6, 6.07) is 5.28. The number of aliphatic imine (C=N–C) groups is 1. The number of nitrogens with two attached hydrogens (primary N) is 2. The van der Waals surface area contributed by atoms with Crippen molar-refractivity contribution in [3.05, 3.63) is 27.7 Å². The van der Waals surface area contributed by atoms with Gasteiger partial charge in [0.15, 0.2) is 11.1 Å². The van der Waals surface area contributed by atoms with Crippen molar-refractivity contribution in [3.63, 3.8) is 0 Å². The Morgan fingerprint density at radius 2 is 2.22 bits per heavy atom. The van der Waals surface area contributed by atoms with E-state index in [2.05, 4.69) is 20.9 Å². The van der Waals surface area contributed by atoms with Crippen LogP contribution in [-0.4, -0.2) is 23.5 Å². The summed E-state index contributed by atoms with van der Waals surface area (Å²) in [7, 11) is 0. The van der Waals surface area contributed by atoms with Crippen molar-refractivity contribution in [2.24, 2.45) is 16.5 Å². The highest BCUT2D eigenvalue weighted by atomic mass is 79.9. The molecule has 0 amide bonds. The molecule has 0 saturated carbocycles. The monoisotopic (exact) mass is 350 g/mol. The fourth-order valence-electron chi connectivity index (χ4n) is 1.03. The second-order valence-corrected chi connectivity index (χ2v) is 5.49. The topological polar surface area (TPSA) is 97.5 Å². The Labute approximate surface area is 123 Å². The summed E-state index contributed by atoms with van der Waals surface area (Å²) in [4.78, 5) is 3.59. The second-order valence-electron chi connectivity index (χ2n) is 3.11. The molecule has 5 nitrogen and oxygen atoms in total. The zero-order chi connectivity index (χ0) is 13.5. The van der Waals surface area contributed by atoms with Gasteiger partial charge in [-0.1, -0.05) is 23.4 Å². The number of nitrogens with zero attached hydrogens (tertiary/aromatic N) is 1. The molecule has 0 atom stereocenters. The molecule has 5 N–H and O–H groups in total. The van der Waals surface area contributed by atoms with Crippen molar-refractivity contribution in [1.82, 2.24) is 0 Å². The maximum Gasteiger partial charge on any atom is 0.193 e. The quantitative estimate of drug-likeness (QED) is 0.441. The van der Waals surface area contributed by atoms with Crippen LogP contribution in [0, 0.1) is 5.41 Å². The number of thioether (sulfide) groups is 1. The standard InChI is InChI=1S/C10H12BrClN4OS/c11-7-5-6(12)1-2-8(7)17-3-4-18-10(15)16-9(13)14/h1-2,5H,3-4H2,(H5,13,14,15,16). The van der Waals surface area contributed by atoms with E-state index >= 15 is 0 Å². The van der Waals surface area contributed by atoms with Gasteiger partial charge in [0.05, 0.1) is 11.1 Å². The van der Waals surface area contributed by atoms with E-state index in [1.807, 2.05) is 0 Å². The molecule has 0 radical (unpaired) electrons. The summed E-state index contributed by atoms with van der Waals surface area (Å²) in [5, 5.41) is 8.11. The highest BCUT2D eigenvalue weighted by Crippen LogP contribution is 2.28. The van der Waals surface area contributed by atoms with E-state index in [1.54, 1.807) is 18.2 Å². The summed E-state index contributed by atoms with van der Waals surface area (Å²) in [6.45, 7) is 0.438. The molecule has 98 valence electrons. The number of rotatable bonds is 4. The third-order valence-electron chi connectivity index (χ3n) is 1.70. The number of nitrogens with one attached hydrogen (secondary N) is 1. The van der Waals surface area contributed by atoms with Crippen molar-refractivity contribution in [2.75, 3.05) is 12.4 Å². The molecule has 1 aromatic carbocycles. The molecule has 1 rings (SSSR count). The van der Waals surface area contributed by atoms with Gasteiger partial charge in [-0.15, -0.1) is 0 Å². The van der Waals surface area contributed by atoms with Crippen LogP contribution in [0.2, 0.25) is 5.02 Å². The van der Waals surface area contributed by atoms with Gasteiger partial charge in [-0.25, -0.2) is 0 Å².